The van der Waals surface area contributed by atoms with Crippen LogP contribution in [0.15, 0.2) is 0 Å². The molecule has 5 aliphatic heterocycles. The molecule has 4 amide bonds. The maximum absolute atomic E-state index is 12.7. The number of carbonyl (C=O) groups is 5. The van der Waals surface area contributed by atoms with Crippen LogP contribution in [0.4, 0.5) is 0 Å². The van der Waals surface area contributed by atoms with Crippen LogP contribution in [0.25, 0.3) is 0 Å². The first kappa shape index (κ1) is 59.4. The summed E-state index contributed by atoms with van der Waals surface area (Å²) in [7, 11) is 1.40. The fraction of sp³-hybridized carbons (Fsp3) is 0.881. The predicted molar refractivity (Wildman–Crippen MR) is 233 cm³/mol. The molecule has 72 heavy (non-hydrogen) atoms. The molecule has 15 N–H and O–H groups in total. The fourth-order valence-electron chi connectivity index (χ4n) is 9.35. The summed E-state index contributed by atoms with van der Waals surface area (Å²) in [6.07, 6.45) is -32.4. The van der Waals surface area contributed by atoms with Gasteiger partial charge in [0.25, 0.3) is 0 Å². The Kier molecular flexibility index (Phi) is 21.8. The summed E-state index contributed by atoms with van der Waals surface area (Å²) in [4.78, 5) is 61.3. The quantitative estimate of drug-likeness (QED) is 0.0534. The zero-order valence-corrected chi connectivity index (χ0v) is 40.6. The Morgan fingerprint density at radius 1 is 0.431 bits per heavy atom. The van der Waals surface area contributed by atoms with Gasteiger partial charge in [-0.05, 0) is 13.5 Å². The van der Waals surface area contributed by atoms with Gasteiger partial charge >= 0.3 is 5.97 Å². The molecular weight excluding hydrogens is 974 g/mol. The predicted octanol–water partition coefficient (Wildman–Crippen LogP) is -9.13. The Labute approximate surface area is 412 Å². The molecule has 414 valence electrons. The lowest BCUT2D eigenvalue weighted by Gasteiger charge is -2.51. The Morgan fingerprint density at radius 2 is 0.750 bits per heavy atom. The molecule has 0 aliphatic carbocycles. The van der Waals surface area contributed by atoms with Crippen molar-refractivity contribution in [3.8, 4) is 0 Å². The maximum atomic E-state index is 12.7. The highest BCUT2D eigenvalue weighted by Crippen LogP contribution is 2.36. The van der Waals surface area contributed by atoms with Crippen molar-refractivity contribution in [2.45, 2.75) is 201 Å². The van der Waals surface area contributed by atoms with Gasteiger partial charge in [-0.3, -0.25) is 24.0 Å². The molecule has 0 aromatic carbocycles. The molecule has 5 aliphatic rings. The number of nitrogens with one attached hydrogen (secondary N) is 5. The van der Waals surface area contributed by atoms with E-state index in [-0.39, 0.29) is 6.42 Å². The first-order chi connectivity index (χ1) is 34.0. The van der Waals surface area contributed by atoms with Crippen LogP contribution in [-0.2, 0) is 71.3 Å². The molecule has 0 aromatic rings. The van der Waals surface area contributed by atoms with Crippen LogP contribution in [0.1, 0.15) is 48.0 Å². The van der Waals surface area contributed by atoms with E-state index in [1.807, 2.05) is 0 Å². The van der Waals surface area contributed by atoms with Crippen molar-refractivity contribution in [3.05, 3.63) is 0 Å². The summed E-state index contributed by atoms with van der Waals surface area (Å²) < 4.78 is 59.0. The van der Waals surface area contributed by atoms with Gasteiger partial charge in [0.1, 0.15) is 116 Å². The molecular formula is C42H71N5O25. The second-order valence-electron chi connectivity index (χ2n) is 18.1. The Bertz CT molecular complexity index is 1810. The first-order valence-electron chi connectivity index (χ1n) is 23.4. The molecule has 0 spiro atoms. The molecule has 5 rings (SSSR count). The second-order valence-corrected chi connectivity index (χ2v) is 18.1. The van der Waals surface area contributed by atoms with Crippen LogP contribution in [0.5, 0.6) is 0 Å². The highest BCUT2D eigenvalue weighted by atomic mass is 16.8. The van der Waals surface area contributed by atoms with E-state index in [9.17, 15) is 75.0 Å². The van der Waals surface area contributed by atoms with Crippen LogP contribution in [-0.4, -0.2) is 267 Å². The van der Waals surface area contributed by atoms with Gasteiger partial charge in [-0.25, -0.2) is 0 Å². The highest BCUT2D eigenvalue weighted by molar-refractivity contribution is 5.74. The van der Waals surface area contributed by atoms with Gasteiger partial charge in [0.2, 0.25) is 23.6 Å². The first-order valence-corrected chi connectivity index (χ1v) is 23.4. The van der Waals surface area contributed by atoms with E-state index in [1.54, 1.807) is 6.92 Å². The standard InChI is InChI=1S/C42H71N5O25/c1-8-18-34(30(58)23(38(62)64-18)44-13(2)51)69-40-25(45-14(3)52)32(60)36(20(10-49)65-40)71-42-27(47-16(5)54)33(61)37(21(11-50)67-42)72-41-26(46-15(4)53)31(59)35(19(9-48)66-41)70-39-24(43-7)29(57)28(56)22(68-39)12-63-17(6)55/h18-43,48-50,56-62H,8-12H2,1-7H3,(H,44,51)(H,45,52)(H,46,53)(H,47,54). The summed E-state index contributed by atoms with van der Waals surface area (Å²) in [5.41, 5.74) is 0. The van der Waals surface area contributed by atoms with Crippen LogP contribution in [0, 0.1) is 0 Å². The van der Waals surface area contributed by atoms with Crippen LogP contribution >= 0.6 is 0 Å². The zero-order valence-electron chi connectivity index (χ0n) is 40.6. The Hall–Kier alpha value is -3.45. The molecule has 0 radical (unpaired) electrons. The summed E-state index contributed by atoms with van der Waals surface area (Å²) in [5.74, 6) is -3.59. The van der Waals surface area contributed by atoms with E-state index in [0.717, 1.165) is 34.6 Å². The molecule has 5 fully saturated rings. The number of amides is 4. The monoisotopic (exact) mass is 1050 g/mol. The number of esters is 1. The van der Waals surface area contributed by atoms with Crippen molar-refractivity contribution in [3.63, 3.8) is 0 Å². The smallest absolute Gasteiger partial charge is 0.302 e. The largest absolute Gasteiger partial charge is 0.463 e. The van der Waals surface area contributed by atoms with Crippen molar-refractivity contribution in [1.29, 1.82) is 0 Å². The number of carbonyl (C=O) groups excluding carboxylic acids is 5. The molecule has 25 unspecified atom stereocenters. The van der Waals surface area contributed by atoms with E-state index in [4.69, 9.17) is 47.4 Å². The topological polar surface area (TPSA) is 440 Å². The lowest BCUT2D eigenvalue weighted by Crippen LogP contribution is -2.72. The molecule has 30 nitrogen and oxygen atoms in total. The van der Waals surface area contributed by atoms with Crippen LogP contribution < -0.4 is 26.6 Å². The summed E-state index contributed by atoms with van der Waals surface area (Å²) in [5, 5.41) is 124. The van der Waals surface area contributed by atoms with Crippen molar-refractivity contribution in [2.24, 2.45) is 0 Å². The fourth-order valence-corrected chi connectivity index (χ4v) is 9.35. The minimum atomic E-state index is -1.96. The normalized spacial score (nSPS) is 43.5. The number of rotatable bonds is 19. The number of hydrogen-bond donors (Lipinski definition) is 15. The van der Waals surface area contributed by atoms with E-state index >= 15 is 0 Å². The van der Waals surface area contributed by atoms with Gasteiger partial charge < -0.3 is 125 Å². The molecule has 5 heterocycles. The zero-order chi connectivity index (χ0) is 53.5. The molecule has 0 saturated carbocycles. The van der Waals surface area contributed by atoms with Crippen LogP contribution in [0.3, 0.4) is 0 Å². The van der Waals surface area contributed by atoms with E-state index in [1.165, 1.54) is 7.05 Å². The molecule has 25 atom stereocenters. The van der Waals surface area contributed by atoms with Gasteiger partial charge in [0.05, 0.1) is 32.0 Å². The van der Waals surface area contributed by atoms with Gasteiger partial charge in [0, 0.05) is 34.6 Å². The van der Waals surface area contributed by atoms with Gasteiger partial charge in [0.15, 0.2) is 31.5 Å². The average molecular weight is 1050 g/mol. The molecule has 30 heteroatoms. The summed E-state index contributed by atoms with van der Waals surface area (Å²) >= 11 is 0. The van der Waals surface area contributed by atoms with Gasteiger partial charge in [-0.2, -0.15) is 0 Å². The van der Waals surface area contributed by atoms with Gasteiger partial charge in [-0.1, -0.05) is 6.92 Å². The lowest BCUT2D eigenvalue weighted by molar-refractivity contribution is -0.367. The second kappa shape index (κ2) is 26.4. The van der Waals surface area contributed by atoms with Crippen LogP contribution in [0.2, 0.25) is 0 Å². The number of aliphatic hydroxyl groups excluding tert-OH is 10. The number of likely N-dealkylation sites (N-methyl/N-ethyl adjacent to an activating group) is 1. The maximum Gasteiger partial charge on any atom is 0.302 e. The third kappa shape index (κ3) is 13.9. The Morgan fingerprint density at radius 3 is 1.07 bits per heavy atom. The number of hydrogen-bond acceptors (Lipinski definition) is 26. The SMILES string of the molecule is CCC1OC(O)C(NC(C)=O)C(O)C1OC1OC(CO)C(OC2OC(CO)C(OC3OC(CO)C(OC4OC(COC(C)=O)C(O)C(O)C4NC)C(O)C3NC(C)=O)C(O)C2NC(C)=O)C(O)C1NC(C)=O. The molecule has 5 saturated heterocycles. The number of aliphatic hydroxyl groups is 10. The lowest BCUT2D eigenvalue weighted by atomic mass is 9.92. The summed E-state index contributed by atoms with van der Waals surface area (Å²) in [6.45, 7) is 3.86. The number of ether oxygens (including phenoxy) is 10. The average Bonchev–Trinajstić information content (AvgIpc) is 3.31. The molecule has 0 bridgehead atoms. The van der Waals surface area contributed by atoms with E-state index in [0.29, 0.717) is 0 Å². The Balaban J connectivity index is 1.39. The van der Waals surface area contributed by atoms with E-state index < -0.39 is 209 Å². The van der Waals surface area contributed by atoms with Gasteiger partial charge in [-0.15, -0.1) is 0 Å². The van der Waals surface area contributed by atoms with E-state index in [2.05, 4.69) is 26.6 Å². The third-order valence-electron chi connectivity index (χ3n) is 12.8. The summed E-state index contributed by atoms with van der Waals surface area (Å²) in [6, 6.07) is -7.43. The highest BCUT2D eigenvalue weighted by Gasteiger charge is 2.57. The van der Waals surface area contributed by atoms with Crippen molar-refractivity contribution in [1.82, 2.24) is 26.6 Å². The molecule has 0 aromatic heterocycles. The minimum Gasteiger partial charge on any atom is -0.463 e. The minimum absolute atomic E-state index is 0.148. The van der Waals surface area contributed by atoms with Crippen molar-refractivity contribution >= 4 is 29.6 Å². The van der Waals surface area contributed by atoms with Crippen molar-refractivity contribution < 1.29 is 122 Å². The third-order valence-corrected chi connectivity index (χ3v) is 12.8. The van der Waals surface area contributed by atoms with Crippen molar-refractivity contribution in [2.75, 3.05) is 33.5 Å².